The van der Waals surface area contributed by atoms with Crippen molar-refractivity contribution in [3.63, 3.8) is 0 Å². The summed E-state index contributed by atoms with van der Waals surface area (Å²) in [5, 5.41) is 11.9. The lowest BCUT2D eigenvalue weighted by molar-refractivity contribution is -0.151. The minimum Gasteiger partial charge on any atom is -0.464 e. The lowest BCUT2D eigenvalue weighted by atomic mass is 9.97. The summed E-state index contributed by atoms with van der Waals surface area (Å²) >= 11 is 0. The van der Waals surface area contributed by atoms with Crippen LogP contribution in [-0.2, 0) is 14.3 Å². The molecule has 0 aromatic carbocycles. The van der Waals surface area contributed by atoms with Gasteiger partial charge in [0.05, 0.1) is 6.61 Å². The van der Waals surface area contributed by atoms with Gasteiger partial charge in [0.2, 0.25) is 6.41 Å². The third-order valence-electron chi connectivity index (χ3n) is 1.75. The molecule has 0 bridgehead atoms. The summed E-state index contributed by atoms with van der Waals surface area (Å²) in [6.45, 7) is 6.54. The molecule has 2 atom stereocenters. The molecule has 0 spiro atoms. The number of ether oxygens (including phenoxy) is 1. The smallest absolute Gasteiger partial charge is 0.331 e. The molecule has 0 aromatic heterocycles. The van der Waals surface area contributed by atoms with E-state index in [1.807, 2.05) is 0 Å². The fourth-order valence-corrected chi connectivity index (χ4v) is 0.887. The second-order valence-electron chi connectivity index (χ2n) is 2.90. The van der Waals surface area contributed by atoms with Crippen molar-refractivity contribution in [2.75, 3.05) is 6.61 Å². The van der Waals surface area contributed by atoms with Crippen LogP contribution in [0, 0.1) is 0 Å². The Morgan fingerprint density at radius 3 is 2.71 bits per heavy atom. The van der Waals surface area contributed by atoms with Crippen LogP contribution < -0.4 is 5.32 Å². The van der Waals surface area contributed by atoms with Crippen molar-refractivity contribution < 1.29 is 19.4 Å². The summed E-state index contributed by atoms with van der Waals surface area (Å²) < 4.78 is 4.68. The molecule has 0 aromatic rings. The normalized spacial score (nSPS) is 16.2. The van der Waals surface area contributed by atoms with Crippen LogP contribution in [-0.4, -0.2) is 35.7 Å². The van der Waals surface area contributed by atoms with Gasteiger partial charge >= 0.3 is 5.97 Å². The molecule has 0 fully saturated rings. The van der Waals surface area contributed by atoms with Gasteiger partial charge in [0.1, 0.15) is 5.60 Å². The van der Waals surface area contributed by atoms with Gasteiger partial charge < -0.3 is 15.2 Å². The molecule has 1 amide bonds. The minimum absolute atomic E-state index is 0.184. The Labute approximate surface area is 82.7 Å². The van der Waals surface area contributed by atoms with E-state index < -0.39 is 17.6 Å². The van der Waals surface area contributed by atoms with Crippen LogP contribution in [0.1, 0.15) is 13.8 Å². The number of esters is 1. The minimum atomic E-state index is -1.52. The second-order valence-corrected chi connectivity index (χ2v) is 2.90. The zero-order valence-electron chi connectivity index (χ0n) is 8.32. The van der Waals surface area contributed by atoms with Crippen molar-refractivity contribution in [3.8, 4) is 0 Å². The number of amides is 1. The Kier molecular flexibility index (Phi) is 4.86. The highest BCUT2D eigenvalue weighted by molar-refractivity contribution is 5.80. The molecular weight excluding hydrogens is 186 g/mol. The van der Waals surface area contributed by atoms with Crippen molar-refractivity contribution in [1.82, 2.24) is 5.32 Å². The Balaban J connectivity index is 4.65. The topological polar surface area (TPSA) is 75.6 Å². The quantitative estimate of drug-likeness (QED) is 0.348. The molecule has 0 radical (unpaired) electrons. The average molecular weight is 201 g/mol. The zero-order chi connectivity index (χ0) is 11.2. The van der Waals surface area contributed by atoms with Gasteiger partial charge in [0, 0.05) is 0 Å². The summed E-state index contributed by atoms with van der Waals surface area (Å²) in [4.78, 5) is 21.5. The Bertz CT molecular complexity index is 225. The van der Waals surface area contributed by atoms with Crippen LogP contribution in [0.15, 0.2) is 12.7 Å². The first-order chi connectivity index (χ1) is 6.49. The maximum absolute atomic E-state index is 11.3. The number of rotatable bonds is 6. The van der Waals surface area contributed by atoms with Crippen molar-refractivity contribution in [2.24, 2.45) is 0 Å². The summed E-state index contributed by atoms with van der Waals surface area (Å²) in [7, 11) is 0. The predicted molar refractivity (Wildman–Crippen MR) is 50.4 cm³/mol. The molecule has 2 N–H and O–H groups in total. The molecule has 0 aliphatic rings. The van der Waals surface area contributed by atoms with Crippen LogP contribution >= 0.6 is 0 Å². The van der Waals surface area contributed by atoms with E-state index in [0.717, 1.165) is 0 Å². The maximum atomic E-state index is 11.3. The van der Waals surface area contributed by atoms with Crippen LogP contribution in [0.5, 0.6) is 0 Å². The lowest BCUT2D eigenvalue weighted by Gasteiger charge is -2.27. The SMILES string of the molecule is C=CC(C)(O)C(NC=O)C(=O)OCC. The first-order valence-electron chi connectivity index (χ1n) is 4.21. The van der Waals surface area contributed by atoms with Crippen molar-refractivity contribution >= 4 is 12.4 Å². The van der Waals surface area contributed by atoms with E-state index in [1.165, 1.54) is 13.0 Å². The van der Waals surface area contributed by atoms with E-state index in [0.29, 0.717) is 6.41 Å². The molecule has 0 aliphatic carbocycles. The van der Waals surface area contributed by atoms with E-state index in [-0.39, 0.29) is 6.61 Å². The molecule has 0 saturated carbocycles. The van der Waals surface area contributed by atoms with Gasteiger partial charge in [0.25, 0.3) is 0 Å². The largest absolute Gasteiger partial charge is 0.464 e. The highest BCUT2D eigenvalue weighted by Crippen LogP contribution is 2.12. The standard InChI is InChI=1S/C9H15NO4/c1-4-9(3,13)7(10-6-11)8(12)14-5-2/h4,6-7,13H,1,5H2,2-3H3,(H,10,11). The van der Waals surface area contributed by atoms with E-state index in [9.17, 15) is 14.7 Å². The third-order valence-corrected chi connectivity index (χ3v) is 1.75. The van der Waals surface area contributed by atoms with Crippen LogP contribution in [0.4, 0.5) is 0 Å². The highest BCUT2D eigenvalue weighted by atomic mass is 16.5. The van der Waals surface area contributed by atoms with Gasteiger partial charge in [-0.3, -0.25) is 4.79 Å². The van der Waals surface area contributed by atoms with Gasteiger partial charge in [-0.2, -0.15) is 0 Å². The highest BCUT2D eigenvalue weighted by Gasteiger charge is 2.35. The molecule has 80 valence electrons. The molecular formula is C9H15NO4. The number of nitrogens with one attached hydrogen (secondary N) is 1. The van der Waals surface area contributed by atoms with Gasteiger partial charge in [-0.15, -0.1) is 6.58 Å². The Morgan fingerprint density at radius 2 is 2.36 bits per heavy atom. The number of hydrogen-bond donors (Lipinski definition) is 2. The molecule has 0 aliphatic heterocycles. The lowest BCUT2D eigenvalue weighted by Crippen LogP contribution is -2.52. The zero-order valence-corrected chi connectivity index (χ0v) is 8.32. The van der Waals surface area contributed by atoms with Crippen LogP contribution in [0.3, 0.4) is 0 Å². The molecule has 0 saturated heterocycles. The predicted octanol–water partition coefficient (Wildman–Crippen LogP) is -0.399. The number of carbonyl (C=O) groups excluding carboxylic acids is 2. The molecule has 0 rings (SSSR count). The Morgan fingerprint density at radius 1 is 1.79 bits per heavy atom. The monoisotopic (exact) mass is 201 g/mol. The third kappa shape index (κ3) is 3.18. The van der Waals surface area contributed by atoms with Gasteiger partial charge in [0.15, 0.2) is 6.04 Å². The summed E-state index contributed by atoms with van der Waals surface area (Å²) in [6.07, 6.45) is 1.50. The molecule has 5 nitrogen and oxygen atoms in total. The van der Waals surface area contributed by atoms with Crippen molar-refractivity contribution in [2.45, 2.75) is 25.5 Å². The molecule has 14 heavy (non-hydrogen) atoms. The fraction of sp³-hybridized carbons (Fsp3) is 0.556. The molecule has 2 unspecified atom stereocenters. The maximum Gasteiger partial charge on any atom is 0.331 e. The first kappa shape index (κ1) is 12.6. The molecule has 0 heterocycles. The first-order valence-corrected chi connectivity index (χ1v) is 4.21. The van der Waals surface area contributed by atoms with Gasteiger partial charge in [-0.05, 0) is 13.8 Å². The van der Waals surface area contributed by atoms with Crippen molar-refractivity contribution in [1.29, 1.82) is 0 Å². The molecule has 5 heteroatoms. The number of carbonyl (C=O) groups is 2. The fourth-order valence-electron chi connectivity index (χ4n) is 0.887. The van der Waals surface area contributed by atoms with E-state index in [2.05, 4.69) is 16.6 Å². The second kappa shape index (κ2) is 5.39. The summed E-state index contributed by atoms with van der Waals surface area (Å²) in [6, 6.07) is -1.13. The Hall–Kier alpha value is -1.36. The van der Waals surface area contributed by atoms with E-state index in [4.69, 9.17) is 0 Å². The number of aliphatic hydroxyl groups is 1. The van der Waals surface area contributed by atoms with Crippen LogP contribution in [0.25, 0.3) is 0 Å². The average Bonchev–Trinajstić information content (AvgIpc) is 2.14. The van der Waals surface area contributed by atoms with Gasteiger partial charge in [-0.25, -0.2) is 4.79 Å². The van der Waals surface area contributed by atoms with E-state index >= 15 is 0 Å². The van der Waals surface area contributed by atoms with Gasteiger partial charge in [-0.1, -0.05) is 6.08 Å². The van der Waals surface area contributed by atoms with Crippen molar-refractivity contribution in [3.05, 3.63) is 12.7 Å². The van der Waals surface area contributed by atoms with Crippen LogP contribution in [0.2, 0.25) is 0 Å². The summed E-state index contributed by atoms with van der Waals surface area (Å²) in [5.41, 5.74) is -1.52. The summed E-state index contributed by atoms with van der Waals surface area (Å²) in [5.74, 6) is -0.690. The van der Waals surface area contributed by atoms with E-state index in [1.54, 1.807) is 6.92 Å². The number of hydrogen-bond acceptors (Lipinski definition) is 4.